The molecule has 0 aromatic rings. The Hall–Kier alpha value is -0.650. The zero-order valence-electron chi connectivity index (χ0n) is 11.4. The molecule has 0 spiro atoms. The topological polar surface area (TPSA) is 44.8 Å². The van der Waals surface area contributed by atoms with Crippen molar-refractivity contribution in [2.75, 3.05) is 52.4 Å². The van der Waals surface area contributed by atoms with Gasteiger partial charge in [0.25, 0.3) is 0 Å². The summed E-state index contributed by atoms with van der Waals surface area (Å²) in [6.07, 6.45) is 2.17. The molecule has 1 N–H and O–H groups in total. The zero-order chi connectivity index (χ0) is 12.8. The van der Waals surface area contributed by atoms with E-state index in [9.17, 15) is 4.79 Å². The first-order valence-electron chi connectivity index (χ1n) is 7.12. The summed E-state index contributed by atoms with van der Waals surface area (Å²) >= 11 is 0. The minimum atomic E-state index is 0.292. The number of carbonyl (C=O) groups is 1. The molecule has 5 nitrogen and oxygen atoms in total. The Morgan fingerprint density at radius 3 is 3.06 bits per heavy atom. The first kappa shape index (κ1) is 13.8. The molecule has 0 bridgehead atoms. The van der Waals surface area contributed by atoms with E-state index in [0.29, 0.717) is 18.4 Å². The van der Waals surface area contributed by atoms with Crippen molar-refractivity contribution in [1.82, 2.24) is 15.1 Å². The van der Waals surface area contributed by atoms with Gasteiger partial charge in [-0.05, 0) is 13.3 Å². The van der Waals surface area contributed by atoms with E-state index in [1.165, 1.54) is 0 Å². The quantitative estimate of drug-likeness (QED) is 0.746. The van der Waals surface area contributed by atoms with Crippen LogP contribution in [0.4, 0.5) is 0 Å². The summed E-state index contributed by atoms with van der Waals surface area (Å²) in [4.78, 5) is 16.2. The third-order valence-electron chi connectivity index (χ3n) is 3.74. The van der Waals surface area contributed by atoms with Gasteiger partial charge in [-0.15, -0.1) is 0 Å². The first-order valence-corrected chi connectivity index (χ1v) is 7.12. The number of nitrogens with one attached hydrogen (secondary N) is 1. The number of rotatable bonds is 5. The Bertz CT molecular complexity index is 273. The van der Waals surface area contributed by atoms with Crippen molar-refractivity contribution in [2.24, 2.45) is 0 Å². The van der Waals surface area contributed by atoms with Gasteiger partial charge in [0.1, 0.15) is 0 Å². The Morgan fingerprint density at radius 2 is 2.22 bits per heavy atom. The summed E-state index contributed by atoms with van der Waals surface area (Å²) in [6, 6.07) is 0. The molecule has 0 saturated carbocycles. The van der Waals surface area contributed by atoms with Crippen LogP contribution in [0.15, 0.2) is 0 Å². The van der Waals surface area contributed by atoms with Crippen LogP contribution in [0.2, 0.25) is 0 Å². The second-order valence-electron chi connectivity index (χ2n) is 5.05. The van der Waals surface area contributed by atoms with Gasteiger partial charge in [0, 0.05) is 58.8 Å². The van der Waals surface area contributed by atoms with E-state index in [4.69, 9.17) is 4.74 Å². The molecule has 1 unspecified atom stereocenters. The molecule has 5 heteroatoms. The molecule has 2 rings (SSSR count). The standard InChI is InChI=1S/C13H25N3O2/c1-2-18-12-4-7-15(11-12)9-10-16-8-6-14-5-3-13(16)17/h12,14H,2-11H2,1H3. The Balaban J connectivity index is 1.69. The van der Waals surface area contributed by atoms with Gasteiger partial charge in [0.05, 0.1) is 6.10 Å². The van der Waals surface area contributed by atoms with Crippen molar-refractivity contribution in [3.05, 3.63) is 0 Å². The van der Waals surface area contributed by atoms with E-state index in [1.54, 1.807) is 0 Å². The van der Waals surface area contributed by atoms with Gasteiger partial charge in [0.15, 0.2) is 0 Å². The van der Waals surface area contributed by atoms with Crippen LogP contribution in [0, 0.1) is 0 Å². The van der Waals surface area contributed by atoms with Crippen molar-refractivity contribution in [3.8, 4) is 0 Å². The molecular formula is C13H25N3O2. The van der Waals surface area contributed by atoms with E-state index in [2.05, 4.69) is 10.2 Å². The number of nitrogens with zero attached hydrogens (tertiary/aromatic N) is 2. The number of ether oxygens (including phenoxy) is 1. The van der Waals surface area contributed by atoms with Gasteiger partial charge < -0.3 is 15.0 Å². The summed E-state index contributed by atoms with van der Waals surface area (Å²) in [7, 11) is 0. The Morgan fingerprint density at radius 1 is 1.33 bits per heavy atom. The van der Waals surface area contributed by atoms with Crippen LogP contribution in [0.3, 0.4) is 0 Å². The summed E-state index contributed by atoms with van der Waals surface area (Å²) in [5, 5.41) is 3.26. The highest BCUT2D eigenvalue weighted by molar-refractivity contribution is 5.76. The maximum absolute atomic E-state index is 11.8. The number of likely N-dealkylation sites (tertiary alicyclic amines) is 1. The van der Waals surface area contributed by atoms with E-state index in [1.807, 2.05) is 11.8 Å². The van der Waals surface area contributed by atoms with Crippen molar-refractivity contribution in [2.45, 2.75) is 25.9 Å². The molecule has 18 heavy (non-hydrogen) atoms. The maximum Gasteiger partial charge on any atom is 0.223 e. The first-order chi connectivity index (χ1) is 8.79. The summed E-state index contributed by atoms with van der Waals surface area (Å²) in [6.45, 7) is 9.41. The van der Waals surface area contributed by atoms with E-state index in [0.717, 1.165) is 58.8 Å². The monoisotopic (exact) mass is 255 g/mol. The van der Waals surface area contributed by atoms with Gasteiger partial charge in [-0.1, -0.05) is 0 Å². The number of hydrogen-bond acceptors (Lipinski definition) is 4. The van der Waals surface area contributed by atoms with Gasteiger partial charge >= 0.3 is 0 Å². The van der Waals surface area contributed by atoms with Crippen LogP contribution in [0.5, 0.6) is 0 Å². The lowest BCUT2D eigenvalue weighted by Crippen LogP contribution is -2.39. The normalized spacial score (nSPS) is 26.6. The third-order valence-corrected chi connectivity index (χ3v) is 3.74. The van der Waals surface area contributed by atoms with Crippen LogP contribution < -0.4 is 5.32 Å². The van der Waals surface area contributed by atoms with E-state index >= 15 is 0 Å². The maximum atomic E-state index is 11.8. The fraction of sp³-hybridized carbons (Fsp3) is 0.923. The lowest BCUT2D eigenvalue weighted by molar-refractivity contribution is -0.130. The van der Waals surface area contributed by atoms with E-state index in [-0.39, 0.29) is 0 Å². The lowest BCUT2D eigenvalue weighted by atomic mass is 10.3. The highest BCUT2D eigenvalue weighted by Gasteiger charge is 2.23. The Labute approximate surface area is 109 Å². The van der Waals surface area contributed by atoms with Gasteiger partial charge in [-0.2, -0.15) is 0 Å². The minimum absolute atomic E-state index is 0.292. The molecule has 0 aromatic carbocycles. The number of carbonyl (C=O) groups excluding carboxylic acids is 1. The Kier molecular flexibility index (Phi) is 5.41. The smallest absolute Gasteiger partial charge is 0.223 e. The average molecular weight is 255 g/mol. The van der Waals surface area contributed by atoms with Crippen molar-refractivity contribution in [1.29, 1.82) is 0 Å². The van der Waals surface area contributed by atoms with Gasteiger partial charge in [-0.3, -0.25) is 9.69 Å². The summed E-state index contributed by atoms with van der Waals surface area (Å²) in [5.41, 5.74) is 0. The number of hydrogen-bond donors (Lipinski definition) is 1. The second kappa shape index (κ2) is 7.07. The minimum Gasteiger partial charge on any atom is -0.377 e. The molecule has 2 heterocycles. The highest BCUT2D eigenvalue weighted by atomic mass is 16.5. The van der Waals surface area contributed by atoms with Crippen molar-refractivity contribution in [3.63, 3.8) is 0 Å². The number of amides is 1. The largest absolute Gasteiger partial charge is 0.377 e. The van der Waals surface area contributed by atoms with E-state index < -0.39 is 0 Å². The molecule has 0 aliphatic carbocycles. The average Bonchev–Trinajstić information content (AvgIpc) is 2.70. The zero-order valence-corrected chi connectivity index (χ0v) is 11.4. The van der Waals surface area contributed by atoms with Gasteiger partial charge in [-0.25, -0.2) is 0 Å². The third kappa shape index (κ3) is 3.93. The van der Waals surface area contributed by atoms with Crippen molar-refractivity contribution < 1.29 is 9.53 Å². The lowest BCUT2D eigenvalue weighted by Gasteiger charge is -2.24. The van der Waals surface area contributed by atoms with Crippen LogP contribution in [0.1, 0.15) is 19.8 Å². The van der Waals surface area contributed by atoms with Crippen LogP contribution >= 0.6 is 0 Å². The van der Waals surface area contributed by atoms with Crippen LogP contribution in [-0.2, 0) is 9.53 Å². The molecular weight excluding hydrogens is 230 g/mol. The highest BCUT2D eigenvalue weighted by Crippen LogP contribution is 2.12. The fourth-order valence-electron chi connectivity index (χ4n) is 2.69. The van der Waals surface area contributed by atoms with Gasteiger partial charge in [0.2, 0.25) is 5.91 Å². The molecule has 2 aliphatic heterocycles. The predicted molar refractivity (Wildman–Crippen MR) is 70.5 cm³/mol. The summed E-state index contributed by atoms with van der Waals surface area (Å²) < 4.78 is 5.63. The molecule has 0 aromatic heterocycles. The van der Waals surface area contributed by atoms with Crippen LogP contribution in [0.25, 0.3) is 0 Å². The second-order valence-corrected chi connectivity index (χ2v) is 5.05. The molecule has 2 aliphatic rings. The molecule has 2 saturated heterocycles. The fourth-order valence-corrected chi connectivity index (χ4v) is 2.69. The SMILES string of the molecule is CCOC1CCN(CCN2CCNCCC2=O)C1. The predicted octanol–water partition coefficient (Wildman–Crippen LogP) is -0.0809. The molecule has 2 fully saturated rings. The summed E-state index contributed by atoms with van der Waals surface area (Å²) in [5.74, 6) is 0.292. The molecule has 1 amide bonds. The van der Waals surface area contributed by atoms with Crippen LogP contribution in [-0.4, -0.2) is 74.2 Å². The molecule has 1 atom stereocenters. The van der Waals surface area contributed by atoms with Crippen molar-refractivity contribution >= 4 is 5.91 Å². The molecule has 0 radical (unpaired) electrons. The molecule has 104 valence electrons.